The van der Waals surface area contributed by atoms with Gasteiger partial charge in [0.15, 0.2) is 5.96 Å². The molecule has 194 valence electrons. The number of carboxylic acid groups (broad SMARTS) is 1. The number of unbranched alkanes of at least 4 members (excludes halogenated alkanes) is 1. The number of amides is 3. The normalized spacial score (nSPS) is 17.0. The van der Waals surface area contributed by atoms with Crippen LogP contribution in [0.2, 0.25) is 0 Å². The quantitative estimate of drug-likeness (QED) is 0.0849. The van der Waals surface area contributed by atoms with Crippen molar-refractivity contribution in [3.05, 3.63) is 0 Å². The number of aliphatic carboxylic acids is 1. The maximum absolute atomic E-state index is 13.5. The summed E-state index contributed by atoms with van der Waals surface area (Å²) in [6, 6.07) is -2.70. The smallest absolute Gasteiger partial charge is 0.326 e. The summed E-state index contributed by atoms with van der Waals surface area (Å²) in [5.41, 5.74) is 21.7. The van der Waals surface area contributed by atoms with Crippen LogP contribution in [0.1, 0.15) is 51.9 Å². The summed E-state index contributed by atoms with van der Waals surface area (Å²) in [5, 5.41) is 12.0. The van der Waals surface area contributed by atoms with Crippen molar-refractivity contribution >= 4 is 29.7 Å². The summed E-state index contributed by atoms with van der Waals surface area (Å²) in [6.45, 7) is 2.90. The van der Waals surface area contributed by atoms with Crippen LogP contribution in [-0.2, 0) is 19.2 Å². The van der Waals surface area contributed by atoms with Crippen LogP contribution in [-0.4, -0.2) is 95.4 Å². The number of hydrogen-bond donors (Lipinski definition) is 6. The third-order valence-electron chi connectivity index (χ3n) is 5.83. The fraction of sp³-hybridized carbons (Fsp3) is 0.762. The van der Waals surface area contributed by atoms with Crippen molar-refractivity contribution in [3.63, 3.8) is 0 Å². The van der Waals surface area contributed by atoms with Crippen LogP contribution < -0.4 is 28.3 Å². The highest BCUT2D eigenvalue weighted by Crippen LogP contribution is 2.22. The second kappa shape index (κ2) is 15.1. The Morgan fingerprint density at radius 3 is 2.41 bits per heavy atom. The summed E-state index contributed by atoms with van der Waals surface area (Å²) >= 11 is 0. The van der Waals surface area contributed by atoms with E-state index in [0.717, 1.165) is 0 Å². The Hall–Kier alpha value is -2.93. The zero-order valence-electron chi connectivity index (χ0n) is 19.9. The first-order chi connectivity index (χ1) is 16.2. The average molecular weight is 485 g/mol. The molecule has 1 aliphatic heterocycles. The van der Waals surface area contributed by atoms with E-state index in [1.54, 1.807) is 6.92 Å². The molecule has 0 aromatic heterocycles. The van der Waals surface area contributed by atoms with Gasteiger partial charge in [-0.1, -0.05) is 0 Å². The molecule has 0 aromatic rings. The first-order valence-electron chi connectivity index (χ1n) is 11.8. The van der Waals surface area contributed by atoms with E-state index in [-0.39, 0.29) is 37.3 Å². The summed E-state index contributed by atoms with van der Waals surface area (Å²) < 4.78 is 0. The molecule has 0 aliphatic carbocycles. The second-order valence-electron chi connectivity index (χ2n) is 8.22. The summed E-state index contributed by atoms with van der Waals surface area (Å²) in [4.78, 5) is 57.2. The topological polar surface area (TPSA) is 223 Å². The van der Waals surface area contributed by atoms with Gasteiger partial charge >= 0.3 is 5.97 Å². The van der Waals surface area contributed by atoms with E-state index in [2.05, 4.69) is 10.3 Å². The minimum Gasteiger partial charge on any atom is -0.480 e. The molecule has 1 rings (SSSR count). The number of guanidine groups is 1. The number of rotatable bonds is 15. The molecule has 1 aliphatic rings. The van der Waals surface area contributed by atoms with E-state index < -0.39 is 30.0 Å². The standard InChI is InChI=1S/C21H40N8O5/c1-2-28(17(30)13-23)16(8-3-4-10-22)19(32)29-12-6-9-15(29)18(31)27-14(20(33)34)7-5-11-26-21(24)25/h14-16H,2-13,22-23H2,1H3,(H,27,31)(H,33,34)(H4,24,25,26)/t14-,15-,16-/m0/s1. The van der Waals surface area contributed by atoms with Gasteiger partial charge in [0.1, 0.15) is 18.1 Å². The van der Waals surface area contributed by atoms with E-state index in [1.807, 2.05) is 0 Å². The number of hydrogen-bond acceptors (Lipinski definition) is 7. The molecular weight excluding hydrogens is 444 g/mol. The number of nitrogens with two attached hydrogens (primary N) is 4. The highest BCUT2D eigenvalue weighted by Gasteiger charge is 2.40. The Bertz CT molecular complexity index is 728. The van der Waals surface area contributed by atoms with Gasteiger partial charge in [-0.05, 0) is 58.4 Å². The van der Waals surface area contributed by atoms with E-state index >= 15 is 0 Å². The molecule has 10 N–H and O–H groups in total. The summed E-state index contributed by atoms with van der Waals surface area (Å²) in [7, 11) is 0. The van der Waals surface area contributed by atoms with Gasteiger partial charge in [0.05, 0.1) is 6.54 Å². The van der Waals surface area contributed by atoms with Gasteiger partial charge in [0.2, 0.25) is 17.7 Å². The molecule has 1 heterocycles. The van der Waals surface area contributed by atoms with Crippen molar-refractivity contribution in [3.8, 4) is 0 Å². The number of carboxylic acids is 1. The maximum atomic E-state index is 13.5. The van der Waals surface area contributed by atoms with E-state index in [9.17, 15) is 24.3 Å². The highest BCUT2D eigenvalue weighted by molar-refractivity contribution is 5.94. The van der Waals surface area contributed by atoms with Crippen molar-refractivity contribution < 1.29 is 24.3 Å². The van der Waals surface area contributed by atoms with Crippen molar-refractivity contribution in [1.29, 1.82) is 0 Å². The molecule has 0 spiro atoms. The lowest BCUT2D eigenvalue weighted by Crippen LogP contribution is -2.56. The van der Waals surface area contributed by atoms with Crippen LogP contribution in [0.4, 0.5) is 0 Å². The first kappa shape index (κ1) is 29.1. The number of carbonyl (C=O) groups excluding carboxylic acids is 3. The Labute approximate surface area is 200 Å². The van der Waals surface area contributed by atoms with Crippen molar-refractivity contribution in [2.45, 2.75) is 70.0 Å². The van der Waals surface area contributed by atoms with Crippen molar-refractivity contribution in [2.75, 3.05) is 32.7 Å². The number of nitrogens with one attached hydrogen (secondary N) is 1. The van der Waals surface area contributed by atoms with Crippen molar-refractivity contribution in [2.24, 2.45) is 27.9 Å². The van der Waals surface area contributed by atoms with Crippen LogP contribution in [0.15, 0.2) is 4.99 Å². The molecule has 0 bridgehead atoms. The molecular formula is C21H40N8O5. The predicted molar refractivity (Wildman–Crippen MR) is 127 cm³/mol. The molecule has 13 nitrogen and oxygen atoms in total. The fourth-order valence-electron chi connectivity index (χ4n) is 4.11. The van der Waals surface area contributed by atoms with Gasteiger partial charge in [-0.3, -0.25) is 19.4 Å². The summed E-state index contributed by atoms with van der Waals surface area (Å²) in [5.74, 6) is -2.49. The van der Waals surface area contributed by atoms with Gasteiger partial charge in [-0.15, -0.1) is 0 Å². The lowest BCUT2D eigenvalue weighted by molar-refractivity contribution is -0.149. The predicted octanol–water partition coefficient (Wildman–Crippen LogP) is -2.09. The monoisotopic (exact) mass is 484 g/mol. The number of likely N-dealkylation sites (tertiary alicyclic amines) is 1. The molecule has 1 saturated heterocycles. The van der Waals surface area contributed by atoms with Gasteiger partial charge < -0.3 is 43.2 Å². The zero-order valence-corrected chi connectivity index (χ0v) is 19.9. The number of likely N-dealkylation sites (N-methyl/N-ethyl adjacent to an activating group) is 1. The van der Waals surface area contributed by atoms with Gasteiger partial charge in [-0.2, -0.15) is 0 Å². The van der Waals surface area contributed by atoms with E-state index in [4.69, 9.17) is 22.9 Å². The molecule has 0 aromatic carbocycles. The van der Waals surface area contributed by atoms with Gasteiger partial charge in [-0.25, -0.2) is 4.79 Å². The third kappa shape index (κ3) is 8.78. The Morgan fingerprint density at radius 2 is 1.85 bits per heavy atom. The minimum absolute atomic E-state index is 0.0914. The zero-order chi connectivity index (χ0) is 25.7. The number of aliphatic imine (C=N–C) groups is 1. The van der Waals surface area contributed by atoms with E-state index in [1.165, 1.54) is 9.80 Å². The highest BCUT2D eigenvalue weighted by atomic mass is 16.4. The molecule has 13 heteroatoms. The number of nitrogens with zero attached hydrogens (tertiary/aromatic N) is 3. The van der Waals surface area contributed by atoms with Crippen LogP contribution in [0.25, 0.3) is 0 Å². The Kier molecular flexibility index (Phi) is 12.9. The van der Waals surface area contributed by atoms with Crippen LogP contribution in [0, 0.1) is 0 Å². The largest absolute Gasteiger partial charge is 0.480 e. The lowest BCUT2D eigenvalue weighted by atomic mass is 10.0. The van der Waals surface area contributed by atoms with Crippen LogP contribution >= 0.6 is 0 Å². The maximum Gasteiger partial charge on any atom is 0.326 e. The molecule has 1 fully saturated rings. The van der Waals surface area contributed by atoms with Gasteiger partial charge in [0, 0.05) is 19.6 Å². The third-order valence-corrected chi connectivity index (χ3v) is 5.83. The summed E-state index contributed by atoms with van der Waals surface area (Å²) in [6.07, 6.45) is 3.24. The molecule has 3 atom stereocenters. The SMILES string of the molecule is CCN(C(=O)CN)[C@@H](CCCCN)C(=O)N1CCC[C@H]1C(=O)N[C@@H](CCCN=C(N)N)C(=O)O. The van der Waals surface area contributed by atoms with E-state index in [0.29, 0.717) is 58.2 Å². The van der Waals surface area contributed by atoms with Crippen molar-refractivity contribution in [1.82, 2.24) is 15.1 Å². The molecule has 34 heavy (non-hydrogen) atoms. The minimum atomic E-state index is -1.18. The Balaban J connectivity index is 2.95. The van der Waals surface area contributed by atoms with Gasteiger partial charge in [0.25, 0.3) is 0 Å². The molecule has 0 saturated carbocycles. The van der Waals surface area contributed by atoms with Crippen LogP contribution in [0.5, 0.6) is 0 Å². The lowest BCUT2D eigenvalue weighted by Gasteiger charge is -2.35. The average Bonchev–Trinajstić information content (AvgIpc) is 3.29. The first-order valence-corrected chi connectivity index (χ1v) is 11.8. The molecule has 3 amide bonds. The second-order valence-corrected chi connectivity index (χ2v) is 8.22. The molecule has 0 unspecified atom stereocenters. The molecule has 0 radical (unpaired) electrons. The fourth-order valence-corrected chi connectivity index (χ4v) is 4.11. The Morgan fingerprint density at radius 1 is 1.15 bits per heavy atom. The number of carbonyl (C=O) groups is 4. The van der Waals surface area contributed by atoms with Crippen LogP contribution in [0.3, 0.4) is 0 Å².